The smallest absolute Gasteiger partial charge is 0.407 e. The van der Waals surface area contributed by atoms with Crippen LogP contribution in [0.25, 0.3) is 0 Å². The monoisotopic (exact) mass is 456 g/mol. The fourth-order valence-electron chi connectivity index (χ4n) is 3.99. The lowest BCUT2D eigenvalue weighted by Crippen LogP contribution is -2.36. The van der Waals surface area contributed by atoms with Crippen molar-refractivity contribution in [3.05, 3.63) is 29.8 Å². The first-order valence-electron chi connectivity index (χ1n) is 11.3. The summed E-state index contributed by atoms with van der Waals surface area (Å²) >= 11 is 0. The number of amides is 1. The number of nitrogens with one attached hydrogen (secondary N) is 2. The number of nitrogens with zero attached hydrogens (tertiary/aromatic N) is 4. The molecule has 0 unspecified atom stereocenters. The number of hydrogen-bond donors (Lipinski definition) is 2. The Morgan fingerprint density at radius 3 is 2.55 bits per heavy atom. The highest BCUT2D eigenvalue weighted by atomic mass is 16.6. The summed E-state index contributed by atoms with van der Waals surface area (Å²) in [7, 11) is 1.30. The van der Waals surface area contributed by atoms with Gasteiger partial charge in [0.25, 0.3) is 0 Å². The highest BCUT2D eigenvalue weighted by Gasteiger charge is 2.40. The van der Waals surface area contributed by atoms with Crippen LogP contribution in [0.2, 0.25) is 0 Å². The largest absolute Gasteiger partial charge is 0.464 e. The molecule has 0 saturated heterocycles. The average molecular weight is 457 g/mol. The number of aromatic nitrogens is 4. The molecule has 2 fully saturated rings. The number of anilines is 2. The highest BCUT2D eigenvalue weighted by Crippen LogP contribution is 2.38. The number of alkyl carbamates (subject to hydrolysis) is 1. The molecule has 2 aliphatic rings. The summed E-state index contributed by atoms with van der Waals surface area (Å²) in [6, 6.07) is 2.01. The van der Waals surface area contributed by atoms with Crippen molar-refractivity contribution in [2.45, 2.75) is 82.9 Å². The van der Waals surface area contributed by atoms with Crippen LogP contribution in [0, 0.1) is 0 Å². The Hall–Kier alpha value is -3.17. The Morgan fingerprint density at radius 1 is 1.18 bits per heavy atom. The SMILES string of the molecule is COC(=O)c1cnc(Nc2cc([C@H]3CC[C@@H](OC(=O)NC4(C)CC4)C3)nn2C(C)(C)C)cn1. The fraction of sp³-hybridized carbons (Fsp3) is 0.609. The lowest BCUT2D eigenvalue weighted by Gasteiger charge is -2.22. The van der Waals surface area contributed by atoms with Crippen molar-refractivity contribution in [2.75, 3.05) is 12.4 Å². The minimum Gasteiger partial charge on any atom is -0.464 e. The van der Waals surface area contributed by atoms with E-state index < -0.39 is 5.97 Å². The van der Waals surface area contributed by atoms with Gasteiger partial charge in [-0.3, -0.25) is 0 Å². The molecule has 10 nitrogen and oxygen atoms in total. The van der Waals surface area contributed by atoms with E-state index in [2.05, 4.69) is 46.1 Å². The molecule has 2 aromatic heterocycles. The molecule has 2 aromatic rings. The van der Waals surface area contributed by atoms with Crippen LogP contribution < -0.4 is 10.6 Å². The highest BCUT2D eigenvalue weighted by molar-refractivity contribution is 5.86. The molecule has 0 aliphatic heterocycles. The summed E-state index contributed by atoms with van der Waals surface area (Å²) in [6.45, 7) is 8.26. The van der Waals surface area contributed by atoms with Crippen molar-refractivity contribution in [3.8, 4) is 0 Å². The zero-order valence-electron chi connectivity index (χ0n) is 19.8. The standard InChI is InChI=1S/C23H32N6O4/c1-22(2,3)29-19(26-18-13-24-17(12-25-18)20(30)32-5)11-16(28-29)14-6-7-15(10-14)33-21(31)27-23(4)8-9-23/h11-15H,6-10H2,1-5H3,(H,25,26)(H,27,31)/t14-,15+/m0/s1. The third-order valence-corrected chi connectivity index (χ3v) is 6.15. The molecule has 178 valence electrons. The van der Waals surface area contributed by atoms with E-state index in [9.17, 15) is 9.59 Å². The number of rotatable bonds is 6. The third kappa shape index (κ3) is 5.43. The van der Waals surface area contributed by atoms with Crippen LogP contribution in [-0.2, 0) is 15.0 Å². The Labute approximate surface area is 193 Å². The van der Waals surface area contributed by atoms with Crippen molar-refractivity contribution in [1.82, 2.24) is 25.1 Å². The van der Waals surface area contributed by atoms with Crippen LogP contribution in [-0.4, -0.2) is 50.6 Å². The van der Waals surface area contributed by atoms with Crippen molar-refractivity contribution in [2.24, 2.45) is 0 Å². The van der Waals surface area contributed by atoms with E-state index in [1.54, 1.807) is 0 Å². The van der Waals surface area contributed by atoms with E-state index >= 15 is 0 Å². The van der Waals surface area contributed by atoms with Crippen LogP contribution in [0.3, 0.4) is 0 Å². The third-order valence-electron chi connectivity index (χ3n) is 6.15. The van der Waals surface area contributed by atoms with Gasteiger partial charge in [0, 0.05) is 17.5 Å². The van der Waals surface area contributed by atoms with E-state index in [4.69, 9.17) is 9.84 Å². The number of methoxy groups -OCH3 is 1. The second-order valence-electron chi connectivity index (χ2n) is 10.2. The van der Waals surface area contributed by atoms with E-state index in [1.807, 2.05) is 17.7 Å². The molecule has 2 N–H and O–H groups in total. The molecule has 2 saturated carbocycles. The Bertz CT molecular complexity index is 1020. The fourth-order valence-corrected chi connectivity index (χ4v) is 3.99. The second kappa shape index (κ2) is 8.64. The zero-order chi connectivity index (χ0) is 23.8. The number of ether oxygens (including phenoxy) is 2. The van der Waals surface area contributed by atoms with Crippen LogP contribution in [0.4, 0.5) is 16.4 Å². The molecule has 2 aliphatic carbocycles. The quantitative estimate of drug-likeness (QED) is 0.629. The molecular formula is C23H32N6O4. The number of carbonyl (C=O) groups excluding carboxylic acids is 2. The Morgan fingerprint density at radius 2 is 1.94 bits per heavy atom. The lowest BCUT2D eigenvalue weighted by atomic mass is 10.0. The molecule has 2 heterocycles. The molecule has 0 bridgehead atoms. The maximum absolute atomic E-state index is 12.2. The van der Waals surface area contributed by atoms with Gasteiger partial charge in [-0.05, 0) is 59.8 Å². The van der Waals surface area contributed by atoms with Crippen LogP contribution in [0.1, 0.15) is 81.9 Å². The van der Waals surface area contributed by atoms with Gasteiger partial charge in [-0.15, -0.1) is 0 Å². The Kier molecular flexibility index (Phi) is 6.02. The summed E-state index contributed by atoms with van der Waals surface area (Å²) < 4.78 is 12.3. The summed E-state index contributed by atoms with van der Waals surface area (Å²) in [5.41, 5.74) is 0.740. The normalized spacial score (nSPS) is 21.4. The van der Waals surface area contributed by atoms with Crippen molar-refractivity contribution >= 4 is 23.7 Å². The van der Waals surface area contributed by atoms with E-state index in [-0.39, 0.29) is 34.9 Å². The summed E-state index contributed by atoms with van der Waals surface area (Å²) in [6.07, 6.45) is 6.92. The van der Waals surface area contributed by atoms with Gasteiger partial charge in [-0.2, -0.15) is 5.10 Å². The van der Waals surface area contributed by atoms with Gasteiger partial charge in [0.15, 0.2) is 5.69 Å². The number of esters is 1. The van der Waals surface area contributed by atoms with Gasteiger partial charge < -0.3 is 20.1 Å². The van der Waals surface area contributed by atoms with Crippen molar-refractivity contribution in [1.29, 1.82) is 0 Å². The van der Waals surface area contributed by atoms with E-state index in [0.717, 1.165) is 43.6 Å². The number of carbonyl (C=O) groups is 2. The molecule has 2 atom stereocenters. The average Bonchev–Trinajstić information content (AvgIpc) is 3.14. The van der Waals surface area contributed by atoms with Gasteiger partial charge in [-0.1, -0.05) is 0 Å². The first-order chi connectivity index (χ1) is 15.6. The van der Waals surface area contributed by atoms with Crippen LogP contribution >= 0.6 is 0 Å². The van der Waals surface area contributed by atoms with Gasteiger partial charge in [-0.25, -0.2) is 24.2 Å². The van der Waals surface area contributed by atoms with Gasteiger partial charge in [0.1, 0.15) is 17.7 Å². The van der Waals surface area contributed by atoms with Gasteiger partial charge >= 0.3 is 12.1 Å². The Balaban J connectivity index is 1.45. The van der Waals surface area contributed by atoms with E-state index in [0.29, 0.717) is 5.82 Å². The van der Waals surface area contributed by atoms with Crippen molar-refractivity contribution < 1.29 is 19.1 Å². The molecule has 0 spiro atoms. The van der Waals surface area contributed by atoms with E-state index in [1.165, 1.54) is 19.5 Å². The molecule has 0 aromatic carbocycles. The first-order valence-corrected chi connectivity index (χ1v) is 11.3. The summed E-state index contributed by atoms with van der Waals surface area (Å²) in [5, 5.41) is 11.1. The first kappa shape index (κ1) is 23.0. The molecule has 10 heteroatoms. The predicted molar refractivity (Wildman–Crippen MR) is 122 cm³/mol. The molecule has 1 amide bonds. The van der Waals surface area contributed by atoms with Crippen LogP contribution in [0.5, 0.6) is 0 Å². The zero-order valence-corrected chi connectivity index (χ0v) is 19.8. The molecule has 0 radical (unpaired) electrons. The van der Waals surface area contributed by atoms with Crippen molar-refractivity contribution in [3.63, 3.8) is 0 Å². The maximum Gasteiger partial charge on any atom is 0.407 e. The van der Waals surface area contributed by atoms with Gasteiger partial charge in [0.05, 0.1) is 30.7 Å². The second-order valence-corrected chi connectivity index (χ2v) is 10.2. The molecule has 33 heavy (non-hydrogen) atoms. The van der Waals surface area contributed by atoms with Crippen LogP contribution in [0.15, 0.2) is 18.5 Å². The minimum absolute atomic E-state index is 0.0842. The summed E-state index contributed by atoms with van der Waals surface area (Å²) in [4.78, 5) is 32.1. The lowest BCUT2D eigenvalue weighted by molar-refractivity contribution is 0.0593. The maximum atomic E-state index is 12.2. The molecular weight excluding hydrogens is 424 g/mol. The topological polar surface area (TPSA) is 120 Å². The van der Waals surface area contributed by atoms with Gasteiger partial charge in [0.2, 0.25) is 0 Å². The molecule has 4 rings (SSSR count). The number of hydrogen-bond acceptors (Lipinski definition) is 8. The minimum atomic E-state index is -0.533. The predicted octanol–water partition coefficient (Wildman–Crippen LogP) is 3.87. The summed E-state index contributed by atoms with van der Waals surface area (Å²) in [5.74, 6) is 0.948.